The number of aryl methyl sites for hydroxylation is 1. The zero-order valence-corrected chi connectivity index (χ0v) is 16.4. The predicted octanol–water partition coefficient (Wildman–Crippen LogP) is 4.43. The van der Waals surface area contributed by atoms with Crippen LogP contribution in [0.15, 0.2) is 59.4 Å². The first-order chi connectivity index (χ1) is 14.1. The number of rotatable bonds is 2. The molecule has 3 aromatic carbocycles. The van der Waals surface area contributed by atoms with Crippen molar-refractivity contribution in [2.75, 3.05) is 0 Å². The van der Waals surface area contributed by atoms with Gasteiger partial charge in [-0.3, -0.25) is 14.2 Å². The molecule has 4 aromatic rings. The van der Waals surface area contributed by atoms with E-state index in [1.807, 2.05) is 61.5 Å². The van der Waals surface area contributed by atoms with E-state index in [2.05, 4.69) is 12.2 Å². The largest absolute Gasteiger partial charge is 0.342 e. The Bertz CT molecular complexity index is 1350. The van der Waals surface area contributed by atoms with Crippen LogP contribution in [0.3, 0.4) is 0 Å². The Morgan fingerprint density at radius 2 is 1.79 bits per heavy atom. The minimum Gasteiger partial charge on any atom is -0.342 e. The number of amides is 1. The molecule has 1 aliphatic rings. The molecule has 0 spiro atoms. The number of aromatic nitrogens is 2. The Morgan fingerprint density at radius 3 is 2.55 bits per heavy atom. The van der Waals surface area contributed by atoms with E-state index in [1.165, 1.54) is 0 Å². The van der Waals surface area contributed by atoms with Gasteiger partial charge in [-0.05, 0) is 53.9 Å². The van der Waals surface area contributed by atoms with Gasteiger partial charge in [0.25, 0.3) is 11.5 Å². The molecule has 2 heterocycles. The summed E-state index contributed by atoms with van der Waals surface area (Å²) in [5.41, 5.74) is 2.67. The van der Waals surface area contributed by atoms with Crippen LogP contribution >= 0.6 is 0 Å². The fourth-order valence-electron chi connectivity index (χ4n) is 4.17. The quantitative estimate of drug-likeness (QED) is 0.557. The van der Waals surface area contributed by atoms with Gasteiger partial charge in [0.15, 0.2) is 0 Å². The number of benzene rings is 3. The molecule has 5 nitrogen and oxygen atoms in total. The third-order valence-corrected chi connectivity index (χ3v) is 5.59. The van der Waals surface area contributed by atoms with Crippen molar-refractivity contribution in [2.45, 2.75) is 32.7 Å². The lowest BCUT2D eigenvalue weighted by Crippen LogP contribution is -2.30. The Labute approximate surface area is 168 Å². The van der Waals surface area contributed by atoms with Crippen LogP contribution in [-0.2, 0) is 0 Å². The van der Waals surface area contributed by atoms with Gasteiger partial charge in [-0.15, -0.1) is 0 Å². The number of hydrogen-bond acceptors (Lipinski definition) is 3. The van der Waals surface area contributed by atoms with Gasteiger partial charge in [0.2, 0.25) is 0 Å². The zero-order valence-electron chi connectivity index (χ0n) is 16.4. The SMILES string of the molecule is CCCC1NC(=O)c2cc3ccccc3cc2-n2c1nc1cc(C)ccc1c2=O. The average Bonchev–Trinajstić information content (AvgIpc) is 2.82. The maximum absolute atomic E-state index is 13.6. The normalized spacial score (nSPS) is 15.7. The first-order valence-corrected chi connectivity index (χ1v) is 9.94. The Balaban J connectivity index is 1.93. The maximum Gasteiger partial charge on any atom is 0.266 e. The van der Waals surface area contributed by atoms with Crippen molar-refractivity contribution in [1.29, 1.82) is 0 Å². The van der Waals surface area contributed by atoms with Gasteiger partial charge in [0.05, 0.1) is 28.2 Å². The number of carbonyl (C=O) groups excluding carboxylic acids is 1. The van der Waals surface area contributed by atoms with E-state index in [9.17, 15) is 9.59 Å². The lowest BCUT2D eigenvalue weighted by atomic mass is 10.0. The second kappa shape index (κ2) is 6.55. The van der Waals surface area contributed by atoms with Crippen molar-refractivity contribution in [3.63, 3.8) is 0 Å². The van der Waals surface area contributed by atoms with Crippen LogP contribution in [0.5, 0.6) is 0 Å². The third kappa shape index (κ3) is 2.73. The van der Waals surface area contributed by atoms with Gasteiger partial charge < -0.3 is 5.32 Å². The second-order valence-electron chi connectivity index (χ2n) is 7.66. The molecule has 5 heteroatoms. The van der Waals surface area contributed by atoms with E-state index >= 15 is 0 Å². The Morgan fingerprint density at radius 1 is 1.03 bits per heavy atom. The molecule has 0 fully saturated rings. The smallest absolute Gasteiger partial charge is 0.266 e. The molecule has 1 aromatic heterocycles. The summed E-state index contributed by atoms with van der Waals surface area (Å²) >= 11 is 0. The van der Waals surface area contributed by atoms with E-state index in [0.29, 0.717) is 34.4 Å². The van der Waals surface area contributed by atoms with Crippen molar-refractivity contribution in [1.82, 2.24) is 14.9 Å². The lowest BCUT2D eigenvalue weighted by Gasteiger charge is -2.18. The summed E-state index contributed by atoms with van der Waals surface area (Å²) in [4.78, 5) is 31.5. The first kappa shape index (κ1) is 17.6. The zero-order chi connectivity index (χ0) is 20.1. The van der Waals surface area contributed by atoms with Crippen LogP contribution in [0.4, 0.5) is 0 Å². The van der Waals surface area contributed by atoms with Crippen molar-refractivity contribution in [3.8, 4) is 5.69 Å². The number of hydrogen-bond donors (Lipinski definition) is 1. The molecule has 144 valence electrons. The van der Waals surface area contributed by atoms with Gasteiger partial charge in [-0.1, -0.05) is 43.7 Å². The Kier molecular flexibility index (Phi) is 3.98. The number of nitrogens with one attached hydrogen (secondary N) is 1. The summed E-state index contributed by atoms with van der Waals surface area (Å²) in [6.07, 6.45) is 1.58. The molecule has 0 saturated heterocycles. The van der Waals surface area contributed by atoms with E-state index in [4.69, 9.17) is 4.98 Å². The fourth-order valence-corrected chi connectivity index (χ4v) is 4.17. The van der Waals surface area contributed by atoms with Crippen LogP contribution in [0, 0.1) is 6.92 Å². The molecule has 1 atom stereocenters. The summed E-state index contributed by atoms with van der Waals surface area (Å²) in [7, 11) is 0. The molecular formula is C24H21N3O2. The highest BCUT2D eigenvalue weighted by molar-refractivity contribution is 6.03. The van der Waals surface area contributed by atoms with Gasteiger partial charge in [0, 0.05) is 0 Å². The summed E-state index contributed by atoms with van der Waals surface area (Å²) in [5, 5.41) is 5.61. The molecule has 1 aliphatic heterocycles. The van der Waals surface area contributed by atoms with E-state index < -0.39 is 0 Å². The van der Waals surface area contributed by atoms with Gasteiger partial charge in [-0.25, -0.2) is 4.98 Å². The van der Waals surface area contributed by atoms with Crippen LogP contribution in [0.2, 0.25) is 0 Å². The van der Waals surface area contributed by atoms with Gasteiger partial charge >= 0.3 is 0 Å². The fraction of sp³-hybridized carbons (Fsp3) is 0.208. The standard InChI is InChI=1S/C24H21N3O2/c1-3-6-19-22-25-20-11-14(2)9-10-17(20)24(29)27(22)21-13-16-8-5-4-7-15(16)12-18(21)23(28)26-19/h4-5,7-13,19H,3,6H2,1-2H3,(H,26,28). The van der Waals surface area contributed by atoms with Crippen molar-refractivity contribution < 1.29 is 4.79 Å². The van der Waals surface area contributed by atoms with E-state index in [1.54, 1.807) is 4.57 Å². The molecule has 1 N–H and O–H groups in total. The Hall–Kier alpha value is -3.47. The molecule has 0 aliphatic carbocycles. The maximum atomic E-state index is 13.6. The topological polar surface area (TPSA) is 64.0 Å². The molecule has 1 unspecified atom stereocenters. The highest BCUT2D eigenvalue weighted by Crippen LogP contribution is 2.30. The van der Waals surface area contributed by atoms with E-state index in [-0.39, 0.29) is 17.5 Å². The van der Waals surface area contributed by atoms with E-state index in [0.717, 1.165) is 22.8 Å². The molecule has 5 rings (SSSR count). The van der Waals surface area contributed by atoms with Crippen molar-refractivity contribution in [3.05, 3.63) is 81.9 Å². The van der Waals surface area contributed by atoms with Crippen molar-refractivity contribution >= 4 is 27.6 Å². The predicted molar refractivity (Wildman–Crippen MR) is 115 cm³/mol. The average molecular weight is 383 g/mol. The molecule has 1 amide bonds. The molecule has 29 heavy (non-hydrogen) atoms. The highest BCUT2D eigenvalue weighted by atomic mass is 16.2. The number of nitrogens with zero attached hydrogens (tertiary/aromatic N) is 2. The van der Waals surface area contributed by atoms with Crippen LogP contribution in [0.1, 0.15) is 47.6 Å². The number of fused-ring (bicyclic) bond motifs is 5. The molecule has 0 saturated carbocycles. The highest BCUT2D eigenvalue weighted by Gasteiger charge is 2.29. The number of carbonyl (C=O) groups is 1. The van der Waals surface area contributed by atoms with Crippen LogP contribution in [0.25, 0.3) is 27.4 Å². The van der Waals surface area contributed by atoms with Gasteiger partial charge in [0.1, 0.15) is 5.82 Å². The lowest BCUT2D eigenvalue weighted by molar-refractivity contribution is 0.0936. The first-order valence-electron chi connectivity index (χ1n) is 9.94. The van der Waals surface area contributed by atoms with Crippen molar-refractivity contribution in [2.24, 2.45) is 0 Å². The summed E-state index contributed by atoms with van der Waals surface area (Å²) in [6.45, 7) is 4.04. The summed E-state index contributed by atoms with van der Waals surface area (Å²) < 4.78 is 1.64. The minimum atomic E-state index is -0.319. The summed E-state index contributed by atoms with van der Waals surface area (Å²) in [5.74, 6) is 0.423. The second-order valence-corrected chi connectivity index (χ2v) is 7.66. The van der Waals surface area contributed by atoms with Crippen LogP contribution < -0.4 is 10.9 Å². The molecule has 0 bridgehead atoms. The monoisotopic (exact) mass is 383 g/mol. The van der Waals surface area contributed by atoms with Gasteiger partial charge in [-0.2, -0.15) is 0 Å². The minimum absolute atomic E-state index is 0.140. The molecular weight excluding hydrogens is 362 g/mol. The summed E-state index contributed by atoms with van der Waals surface area (Å²) in [6, 6.07) is 17.0. The van der Waals surface area contributed by atoms with Crippen LogP contribution in [-0.4, -0.2) is 15.5 Å². The third-order valence-electron chi connectivity index (χ3n) is 5.59. The molecule has 0 radical (unpaired) electrons.